The molecule has 0 aliphatic carbocycles. The van der Waals surface area contributed by atoms with E-state index >= 15 is 0 Å². The molecule has 6 nitrogen and oxygen atoms in total. The lowest BCUT2D eigenvalue weighted by Gasteiger charge is -2.15. The summed E-state index contributed by atoms with van der Waals surface area (Å²) in [6.07, 6.45) is 1.99. The molecular formula is C19H25N3O3S. The van der Waals surface area contributed by atoms with E-state index in [1.54, 1.807) is 35.6 Å². The molecule has 0 unspecified atom stereocenters. The van der Waals surface area contributed by atoms with Gasteiger partial charge in [-0.2, -0.15) is 0 Å². The summed E-state index contributed by atoms with van der Waals surface area (Å²) in [6.45, 7) is 7.09. The van der Waals surface area contributed by atoms with E-state index in [-0.39, 0.29) is 10.8 Å². The number of aryl methyl sites for hydroxylation is 2. The number of hydrogen-bond donors (Lipinski definition) is 1. The first-order chi connectivity index (χ1) is 12.2. The van der Waals surface area contributed by atoms with Crippen molar-refractivity contribution < 1.29 is 13.2 Å². The summed E-state index contributed by atoms with van der Waals surface area (Å²) < 4.78 is 30.0. The van der Waals surface area contributed by atoms with Gasteiger partial charge in [0.15, 0.2) is 0 Å². The Hall–Kier alpha value is -2.28. The minimum Gasteiger partial charge on any atom is -0.343 e. The molecule has 1 saturated heterocycles. The lowest BCUT2D eigenvalue weighted by Crippen LogP contribution is -2.29. The van der Waals surface area contributed by atoms with Crippen LogP contribution in [0.3, 0.4) is 0 Å². The third kappa shape index (κ3) is 3.35. The lowest BCUT2D eigenvalue weighted by molar-refractivity contribution is 0.0783. The van der Waals surface area contributed by atoms with Gasteiger partial charge in [0.2, 0.25) is 0 Å². The van der Waals surface area contributed by atoms with Gasteiger partial charge in [-0.25, -0.2) is 8.42 Å². The summed E-state index contributed by atoms with van der Waals surface area (Å²) in [7, 11) is -2.04. The van der Waals surface area contributed by atoms with Crippen molar-refractivity contribution in [2.45, 2.75) is 38.5 Å². The van der Waals surface area contributed by atoms with Crippen LogP contribution >= 0.6 is 0 Å². The molecule has 0 radical (unpaired) electrons. The van der Waals surface area contributed by atoms with Crippen LogP contribution in [0.15, 0.2) is 29.2 Å². The number of nitrogens with zero attached hydrogens (tertiary/aromatic N) is 2. The van der Waals surface area contributed by atoms with Crippen LogP contribution in [-0.2, 0) is 17.1 Å². The van der Waals surface area contributed by atoms with Crippen molar-refractivity contribution in [3.8, 4) is 0 Å². The number of rotatable bonds is 4. The zero-order valence-electron chi connectivity index (χ0n) is 15.7. The molecule has 1 amide bonds. The van der Waals surface area contributed by atoms with Crippen molar-refractivity contribution in [3.05, 3.63) is 46.8 Å². The molecule has 7 heteroatoms. The third-order valence-corrected chi connectivity index (χ3v) is 6.65. The maximum atomic E-state index is 12.9. The molecule has 0 atom stereocenters. The minimum atomic E-state index is -3.77. The number of benzene rings is 1. The van der Waals surface area contributed by atoms with Crippen LogP contribution in [0.2, 0.25) is 0 Å². The number of carbonyl (C=O) groups is 1. The Kier molecular flexibility index (Phi) is 4.84. The van der Waals surface area contributed by atoms with Crippen LogP contribution in [-0.4, -0.2) is 36.9 Å². The Labute approximate surface area is 154 Å². The van der Waals surface area contributed by atoms with Crippen LogP contribution in [0.1, 0.15) is 40.2 Å². The van der Waals surface area contributed by atoms with E-state index in [1.807, 2.05) is 19.9 Å². The van der Waals surface area contributed by atoms with Gasteiger partial charge < -0.3 is 9.47 Å². The molecule has 1 aromatic carbocycles. The number of anilines is 1. The number of sulfonamides is 1. The molecule has 0 saturated carbocycles. The van der Waals surface area contributed by atoms with Crippen LogP contribution in [0, 0.1) is 20.8 Å². The van der Waals surface area contributed by atoms with E-state index < -0.39 is 10.0 Å². The number of likely N-dealkylation sites (tertiary alicyclic amines) is 1. The zero-order valence-corrected chi connectivity index (χ0v) is 16.5. The van der Waals surface area contributed by atoms with Crippen LogP contribution in [0.4, 0.5) is 5.69 Å². The summed E-state index contributed by atoms with van der Waals surface area (Å²) >= 11 is 0. The van der Waals surface area contributed by atoms with E-state index in [2.05, 4.69) is 4.72 Å². The Morgan fingerprint density at radius 1 is 1.04 bits per heavy atom. The normalized spacial score (nSPS) is 14.7. The second kappa shape index (κ2) is 6.79. The summed E-state index contributed by atoms with van der Waals surface area (Å²) in [5.41, 5.74) is 3.58. The molecule has 1 fully saturated rings. The summed E-state index contributed by atoms with van der Waals surface area (Å²) in [5.74, 6) is -0.110. The van der Waals surface area contributed by atoms with Crippen LogP contribution in [0.25, 0.3) is 0 Å². The van der Waals surface area contributed by atoms with Crippen LogP contribution < -0.4 is 4.72 Å². The standard InChI is InChI=1S/C19H25N3O3S/c1-13-7-8-16(11-14(13)2)20-26(24,25)18-12-17(21(4)15(18)3)19(23)22-9-5-6-10-22/h7-8,11-12,20H,5-6,9-10H2,1-4H3. The lowest BCUT2D eigenvalue weighted by atomic mass is 10.1. The zero-order chi connectivity index (χ0) is 19.1. The number of aromatic nitrogens is 1. The first kappa shape index (κ1) is 18.5. The largest absolute Gasteiger partial charge is 0.343 e. The van der Waals surface area contributed by atoms with Crippen molar-refractivity contribution >= 4 is 21.6 Å². The first-order valence-corrected chi connectivity index (χ1v) is 10.2. The predicted molar refractivity (Wildman–Crippen MR) is 102 cm³/mol. The number of carbonyl (C=O) groups excluding carboxylic acids is 1. The maximum absolute atomic E-state index is 12.9. The molecule has 0 bridgehead atoms. The van der Waals surface area contributed by atoms with Crippen LogP contribution in [0.5, 0.6) is 0 Å². The van der Waals surface area contributed by atoms with E-state index in [9.17, 15) is 13.2 Å². The molecule has 1 N–H and O–H groups in total. The molecule has 2 aromatic rings. The molecule has 0 spiro atoms. The van der Waals surface area contributed by atoms with E-state index in [4.69, 9.17) is 0 Å². The Morgan fingerprint density at radius 3 is 2.31 bits per heavy atom. The topological polar surface area (TPSA) is 71.4 Å². The maximum Gasteiger partial charge on any atom is 0.270 e. The molecule has 26 heavy (non-hydrogen) atoms. The quantitative estimate of drug-likeness (QED) is 0.893. The highest BCUT2D eigenvalue weighted by Crippen LogP contribution is 2.25. The van der Waals surface area contributed by atoms with Gasteiger partial charge in [-0.3, -0.25) is 9.52 Å². The molecular weight excluding hydrogens is 350 g/mol. The van der Waals surface area contributed by atoms with Gasteiger partial charge in [0.05, 0.1) is 0 Å². The smallest absolute Gasteiger partial charge is 0.270 e. The van der Waals surface area contributed by atoms with Crippen molar-refractivity contribution in [2.75, 3.05) is 17.8 Å². The number of nitrogens with one attached hydrogen (secondary N) is 1. The van der Waals surface area contributed by atoms with Gasteiger partial charge in [0, 0.05) is 31.5 Å². The van der Waals surface area contributed by atoms with E-state index in [0.29, 0.717) is 17.1 Å². The first-order valence-electron chi connectivity index (χ1n) is 8.76. The predicted octanol–water partition coefficient (Wildman–Crippen LogP) is 2.99. The average molecular weight is 375 g/mol. The Bertz CT molecular complexity index is 955. The highest BCUT2D eigenvalue weighted by Gasteiger charge is 2.28. The second-order valence-electron chi connectivity index (χ2n) is 6.94. The molecule has 1 aliphatic rings. The highest BCUT2D eigenvalue weighted by molar-refractivity contribution is 7.92. The van der Waals surface area contributed by atoms with Gasteiger partial charge in [-0.1, -0.05) is 6.07 Å². The second-order valence-corrected chi connectivity index (χ2v) is 8.59. The van der Waals surface area contributed by atoms with E-state index in [1.165, 1.54) is 6.07 Å². The highest BCUT2D eigenvalue weighted by atomic mass is 32.2. The van der Waals surface area contributed by atoms with Crippen molar-refractivity contribution in [3.63, 3.8) is 0 Å². The van der Waals surface area contributed by atoms with Gasteiger partial charge in [-0.05, 0) is 62.9 Å². The van der Waals surface area contributed by atoms with Crippen molar-refractivity contribution in [2.24, 2.45) is 7.05 Å². The average Bonchev–Trinajstić information content (AvgIpc) is 3.20. The number of hydrogen-bond acceptors (Lipinski definition) is 3. The van der Waals surface area contributed by atoms with Gasteiger partial charge in [0.1, 0.15) is 10.6 Å². The monoisotopic (exact) mass is 375 g/mol. The van der Waals surface area contributed by atoms with Crippen molar-refractivity contribution in [1.29, 1.82) is 0 Å². The summed E-state index contributed by atoms with van der Waals surface area (Å²) in [6, 6.07) is 6.92. The van der Waals surface area contributed by atoms with Crippen molar-refractivity contribution in [1.82, 2.24) is 9.47 Å². The fraction of sp³-hybridized carbons (Fsp3) is 0.421. The molecule has 1 aromatic heterocycles. The number of amides is 1. The minimum absolute atomic E-state index is 0.110. The molecule has 2 heterocycles. The van der Waals surface area contributed by atoms with Gasteiger partial charge >= 0.3 is 0 Å². The molecule has 3 rings (SSSR count). The van der Waals surface area contributed by atoms with Gasteiger partial charge in [0.25, 0.3) is 15.9 Å². The SMILES string of the molecule is Cc1ccc(NS(=O)(=O)c2cc(C(=O)N3CCCC3)n(C)c2C)cc1C. The van der Waals surface area contributed by atoms with E-state index in [0.717, 1.165) is 37.1 Å². The molecule has 1 aliphatic heterocycles. The fourth-order valence-electron chi connectivity index (χ4n) is 3.25. The fourth-order valence-corrected chi connectivity index (χ4v) is 4.59. The third-order valence-electron chi connectivity index (χ3n) is 5.15. The summed E-state index contributed by atoms with van der Waals surface area (Å²) in [5, 5.41) is 0. The molecule has 140 valence electrons. The van der Waals surface area contributed by atoms with Gasteiger partial charge in [-0.15, -0.1) is 0 Å². The Balaban J connectivity index is 1.93. The summed E-state index contributed by atoms with van der Waals surface area (Å²) in [4.78, 5) is 14.6. The Morgan fingerprint density at radius 2 is 1.69 bits per heavy atom.